The second kappa shape index (κ2) is 4.29. The Bertz CT molecular complexity index is 561. The number of hydrogen-bond acceptors (Lipinski definition) is 4. The number of rotatable bonds is 3. The van der Waals surface area contributed by atoms with E-state index in [1.54, 1.807) is 6.07 Å². The highest BCUT2D eigenvalue weighted by Crippen LogP contribution is 2.29. The third-order valence-electron chi connectivity index (χ3n) is 2.49. The van der Waals surface area contributed by atoms with Crippen LogP contribution in [0.4, 0.5) is 6.01 Å². The fourth-order valence-corrected chi connectivity index (χ4v) is 1.71. The normalized spacial score (nSPS) is 10.4. The first kappa shape index (κ1) is 11.2. The number of nitrogen functional groups attached to an aromatic ring is 1. The molecule has 1 heterocycles. The van der Waals surface area contributed by atoms with Gasteiger partial charge in [0, 0.05) is 5.56 Å². The quantitative estimate of drug-likeness (QED) is 0.846. The lowest BCUT2D eigenvalue weighted by atomic mass is 10.0. The standard InChI is InChI=1S/C12H12N2O3/c1-2-7-5-3-4-6-8(7)10-9(11(15)16)14-12(13)17-10/h3-6H,2H2,1H3,(H2,13,14)(H,15,16). The molecule has 0 unspecified atom stereocenters. The van der Waals surface area contributed by atoms with Crippen LogP contribution in [0.3, 0.4) is 0 Å². The van der Waals surface area contributed by atoms with Gasteiger partial charge in [-0.1, -0.05) is 31.2 Å². The number of nitrogens with zero attached hydrogens (tertiary/aromatic N) is 1. The highest BCUT2D eigenvalue weighted by Gasteiger charge is 2.21. The minimum Gasteiger partial charge on any atom is -0.476 e. The minimum atomic E-state index is -1.15. The summed E-state index contributed by atoms with van der Waals surface area (Å²) in [4.78, 5) is 14.7. The van der Waals surface area contributed by atoms with Gasteiger partial charge in [-0.05, 0) is 12.0 Å². The van der Waals surface area contributed by atoms with E-state index in [4.69, 9.17) is 15.3 Å². The molecule has 5 nitrogen and oxygen atoms in total. The number of nitrogens with two attached hydrogens (primary N) is 1. The van der Waals surface area contributed by atoms with Crippen LogP contribution in [0.1, 0.15) is 23.0 Å². The molecule has 0 fully saturated rings. The van der Waals surface area contributed by atoms with Gasteiger partial charge in [0.05, 0.1) is 0 Å². The number of aryl methyl sites for hydroxylation is 1. The summed E-state index contributed by atoms with van der Waals surface area (Å²) in [6.07, 6.45) is 0.774. The van der Waals surface area contributed by atoms with Crippen molar-refractivity contribution in [2.75, 3.05) is 5.73 Å². The predicted octanol–water partition coefficient (Wildman–Crippen LogP) is 2.18. The van der Waals surface area contributed by atoms with E-state index in [-0.39, 0.29) is 17.5 Å². The summed E-state index contributed by atoms with van der Waals surface area (Å²) in [5, 5.41) is 9.03. The maximum atomic E-state index is 11.0. The van der Waals surface area contributed by atoms with E-state index in [9.17, 15) is 4.79 Å². The Kier molecular flexibility index (Phi) is 2.82. The number of oxazole rings is 1. The van der Waals surface area contributed by atoms with Gasteiger partial charge in [-0.2, -0.15) is 4.98 Å². The summed E-state index contributed by atoms with van der Waals surface area (Å²) in [6, 6.07) is 7.29. The van der Waals surface area contributed by atoms with E-state index in [0.29, 0.717) is 0 Å². The Balaban J connectivity index is 2.63. The Hall–Kier alpha value is -2.30. The van der Waals surface area contributed by atoms with Crippen molar-refractivity contribution >= 4 is 12.0 Å². The van der Waals surface area contributed by atoms with Crippen molar-refractivity contribution in [1.82, 2.24) is 4.98 Å². The second-order valence-electron chi connectivity index (χ2n) is 3.55. The van der Waals surface area contributed by atoms with Gasteiger partial charge in [0.1, 0.15) is 0 Å². The summed E-state index contributed by atoms with van der Waals surface area (Å²) in [5.74, 6) is -0.932. The molecule has 2 aromatic rings. The van der Waals surface area contributed by atoms with Gasteiger partial charge in [0.2, 0.25) is 0 Å². The van der Waals surface area contributed by atoms with E-state index < -0.39 is 5.97 Å². The highest BCUT2D eigenvalue weighted by molar-refractivity contribution is 5.93. The lowest BCUT2D eigenvalue weighted by Crippen LogP contribution is -2.00. The van der Waals surface area contributed by atoms with Crippen molar-refractivity contribution in [2.24, 2.45) is 0 Å². The SMILES string of the molecule is CCc1ccccc1-c1oc(N)nc1C(=O)O. The first-order chi connectivity index (χ1) is 8.13. The molecule has 0 saturated carbocycles. The van der Waals surface area contributed by atoms with E-state index in [1.807, 2.05) is 25.1 Å². The van der Waals surface area contributed by atoms with Crippen LogP contribution in [0.2, 0.25) is 0 Å². The minimum absolute atomic E-state index is 0.136. The van der Waals surface area contributed by atoms with Gasteiger partial charge in [-0.25, -0.2) is 4.79 Å². The van der Waals surface area contributed by atoms with Gasteiger partial charge in [0.25, 0.3) is 6.01 Å². The van der Waals surface area contributed by atoms with Crippen LogP contribution >= 0.6 is 0 Å². The molecule has 0 bridgehead atoms. The smallest absolute Gasteiger partial charge is 0.358 e. The first-order valence-electron chi connectivity index (χ1n) is 5.21. The van der Waals surface area contributed by atoms with Crippen LogP contribution in [0, 0.1) is 0 Å². The Labute approximate surface area is 97.9 Å². The Morgan fingerprint density at radius 1 is 1.47 bits per heavy atom. The molecule has 88 valence electrons. The number of carbonyl (C=O) groups is 1. The fraction of sp³-hybridized carbons (Fsp3) is 0.167. The monoisotopic (exact) mass is 232 g/mol. The zero-order valence-electron chi connectivity index (χ0n) is 9.30. The third kappa shape index (κ3) is 1.99. The number of carboxylic acids is 1. The largest absolute Gasteiger partial charge is 0.476 e. The Morgan fingerprint density at radius 3 is 2.82 bits per heavy atom. The number of benzene rings is 1. The molecule has 0 spiro atoms. The first-order valence-corrected chi connectivity index (χ1v) is 5.21. The number of aromatic nitrogens is 1. The van der Waals surface area contributed by atoms with Crippen LogP contribution in [-0.4, -0.2) is 16.1 Å². The topological polar surface area (TPSA) is 89.4 Å². The van der Waals surface area contributed by atoms with E-state index in [1.165, 1.54) is 0 Å². The van der Waals surface area contributed by atoms with Crippen molar-refractivity contribution in [2.45, 2.75) is 13.3 Å². The molecule has 5 heteroatoms. The zero-order chi connectivity index (χ0) is 12.4. The average Bonchev–Trinajstić information content (AvgIpc) is 2.71. The van der Waals surface area contributed by atoms with Gasteiger partial charge in [0.15, 0.2) is 11.5 Å². The number of aromatic carboxylic acids is 1. The van der Waals surface area contributed by atoms with Crippen LogP contribution < -0.4 is 5.73 Å². The van der Waals surface area contributed by atoms with Crippen LogP contribution in [-0.2, 0) is 6.42 Å². The highest BCUT2D eigenvalue weighted by atomic mass is 16.4. The molecular weight excluding hydrogens is 220 g/mol. The molecule has 2 rings (SSSR count). The van der Waals surface area contributed by atoms with Crippen LogP contribution in [0.5, 0.6) is 0 Å². The molecule has 17 heavy (non-hydrogen) atoms. The number of carboxylic acid groups (broad SMARTS) is 1. The van der Waals surface area contributed by atoms with Gasteiger partial charge >= 0.3 is 5.97 Å². The zero-order valence-corrected chi connectivity index (χ0v) is 9.30. The van der Waals surface area contributed by atoms with Crippen molar-refractivity contribution in [3.8, 4) is 11.3 Å². The molecule has 0 aliphatic carbocycles. The van der Waals surface area contributed by atoms with Gasteiger partial charge in [-0.3, -0.25) is 0 Å². The Morgan fingerprint density at radius 2 is 2.18 bits per heavy atom. The lowest BCUT2D eigenvalue weighted by molar-refractivity contribution is 0.0691. The number of anilines is 1. The molecule has 1 aromatic carbocycles. The lowest BCUT2D eigenvalue weighted by Gasteiger charge is -2.04. The fourth-order valence-electron chi connectivity index (χ4n) is 1.71. The second-order valence-corrected chi connectivity index (χ2v) is 3.55. The molecule has 0 amide bonds. The molecule has 0 saturated heterocycles. The molecule has 0 radical (unpaired) electrons. The molecule has 1 aromatic heterocycles. The summed E-state index contributed by atoms with van der Waals surface area (Å²) in [7, 11) is 0. The van der Waals surface area contributed by atoms with Crippen molar-refractivity contribution < 1.29 is 14.3 Å². The van der Waals surface area contributed by atoms with Gasteiger partial charge < -0.3 is 15.3 Å². The summed E-state index contributed by atoms with van der Waals surface area (Å²) in [5.41, 5.74) is 6.97. The average molecular weight is 232 g/mol. The van der Waals surface area contributed by atoms with Gasteiger partial charge in [-0.15, -0.1) is 0 Å². The van der Waals surface area contributed by atoms with Crippen molar-refractivity contribution in [3.63, 3.8) is 0 Å². The van der Waals surface area contributed by atoms with Crippen molar-refractivity contribution in [3.05, 3.63) is 35.5 Å². The summed E-state index contributed by atoms with van der Waals surface area (Å²) >= 11 is 0. The summed E-state index contributed by atoms with van der Waals surface area (Å²) in [6.45, 7) is 1.99. The van der Waals surface area contributed by atoms with E-state index in [2.05, 4.69) is 4.98 Å². The molecule has 3 N–H and O–H groups in total. The third-order valence-corrected chi connectivity index (χ3v) is 2.49. The number of hydrogen-bond donors (Lipinski definition) is 2. The van der Waals surface area contributed by atoms with Crippen LogP contribution in [0.15, 0.2) is 28.7 Å². The molecule has 0 atom stereocenters. The summed E-state index contributed by atoms with van der Waals surface area (Å²) < 4.78 is 5.19. The maximum Gasteiger partial charge on any atom is 0.358 e. The maximum absolute atomic E-state index is 11.0. The van der Waals surface area contributed by atoms with Crippen LogP contribution in [0.25, 0.3) is 11.3 Å². The van der Waals surface area contributed by atoms with E-state index in [0.717, 1.165) is 17.5 Å². The molecular formula is C12H12N2O3. The van der Waals surface area contributed by atoms with E-state index >= 15 is 0 Å². The van der Waals surface area contributed by atoms with Crippen molar-refractivity contribution in [1.29, 1.82) is 0 Å². The molecule has 0 aliphatic heterocycles. The molecule has 0 aliphatic rings. The predicted molar refractivity (Wildman–Crippen MR) is 62.7 cm³/mol.